The number of allylic oxidation sites excluding steroid dienone is 1. The third-order valence-electron chi connectivity index (χ3n) is 6.34. The molecule has 1 aliphatic heterocycles. The normalized spacial score (nSPS) is 15.4. The molecule has 37 heavy (non-hydrogen) atoms. The molecule has 7 nitrogen and oxygen atoms in total. The van der Waals surface area contributed by atoms with Crippen molar-refractivity contribution in [2.75, 3.05) is 25.1 Å². The van der Waals surface area contributed by atoms with Gasteiger partial charge < -0.3 is 14.4 Å². The van der Waals surface area contributed by atoms with Crippen molar-refractivity contribution in [1.82, 2.24) is 4.57 Å². The Labute approximate surface area is 221 Å². The zero-order valence-electron chi connectivity index (χ0n) is 22.1. The molecule has 0 saturated carbocycles. The molecule has 0 radical (unpaired) electrons. The van der Waals surface area contributed by atoms with Gasteiger partial charge in [0.15, 0.2) is 4.80 Å². The molecule has 8 heteroatoms. The maximum Gasteiger partial charge on any atom is 0.338 e. The van der Waals surface area contributed by atoms with E-state index in [9.17, 15) is 9.59 Å². The zero-order valence-corrected chi connectivity index (χ0v) is 23.0. The third kappa shape index (κ3) is 5.39. The Balaban J connectivity index is 1.84. The van der Waals surface area contributed by atoms with Gasteiger partial charge in [-0.15, -0.1) is 0 Å². The van der Waals surface area contributed by atoms with E-state index < -0.39 is 12.0 Å². The number of carbonyl (C=O) groups excluding carboxylic acids is 1. The number of esters is 1. The molecule has 1 unspecified atom stereocenters. The summed E-state index contributed by atoms with van der Waals surface area (Å²) in [4.78, 5) is 34.4. The van der Waals surface area contributed by atoms with E-state index in [1.54, 1.807) is 32.4 Å². The number of anilines is 1. The summed E-state index contributed by atoms with van der Waals surface area (Å²) in [6.45, 7) is 11.5. The van der Waals surface area contributed by atoms with Crippen LogP contribution in [0.1, 0.15) is 51.8 Å². The van der Waals surface area contributed by atoms with Crippen molar-refractivity contribution in [3.8, 4) is 5.75 Å². The van der Waals surface area contributed by atoms with Crippen molar-refractivity contribution in [3.63, 3.8) is 0 Å². The lowest BCUT2D eigenvalue weighted by molar-refractivity contribution is -0.143. The molecule has 4 rings (SSSR count). The molecule has 1 aromatic heterocycles. The average Bonchev–Trinajstić information content (AvgIpc) is 3.18. The molecular weight excluding hydrogens is 486 g/mol. The van der Waals surface area contributed by atoms with Gasteiger partial charge in [-0.05, 0) is 76.1 Å². The van der Waals surface area contributed by atoms with Gasteiger partial charge in [0.2, 0.25) is 0 Å². The first-order valence-corrected chi connectivity index (χ1v) is 13.3. The minimum atomic E-state index is -0.652. The van der Waals surface area contributed by atoms with Crippen molar-refractivity contribution < 1.29 is 14.3 Å². The Bertz CT molecular complexity index is 1480. The van der Waals surface area contributed by atoms with E-state index in [-0.39, 0.29) is 11.7 Å². The van der Waals surface area contributed by atoms with Crippen molar-refractivity contribution in [1.29, 1.82) is 0 Å². The van der Waals surface area contributed by atoms with Crippen molar-refractivity contribution in [3.05, 3.63) is 90.6 Å². The minimum absolute atomic E-state index is 0.195. The second kappa shape index (κ2) is 11.2. The predicted molar refractivity (Wildman–Crippen MR) is 148 cm³/mol. The molecule has 0 fully saturated rings. The fraction of sp³-hybridized carbons (Fsp3) is 0.345. The van der Waals surface area contributed by atoms with Crippen LogP contribution >= 0.6 is 11.3 Å². The van der Waals surface area contributed by atoms with Gasteiger partial charge in [-0.25, -0.2) is 9.79 Å². The van der Waals surface area contributed by atoms with Crippen LogP contribution in [0, 0.1) is 0 Å². The summed E-state index contributed by atoms with van der Waals surface area (Å²) >= 11 is 1.32. The smallest absolute Gasteiger partial charge is 0.338 e. The number of thiazole rings is 1. The Hall–Kier alpha value is -3.65. The Morgan fingerprint density at radius 1 is 1.11 bits per heavy atom. The van der Waals surface area contributed by atoms with Gasteiger partial charge in [0.25, 0.3) is 5.56 Å². The van der Waals surface area contributed by atoms with Crippen LogP contribution in [0.2, 0.25) is 0 Å². The number of methoxy groups -OCH3 is 1. The van der Waals surface area contributed by atoms with E-state index in [4.69, 9.17) is 9.47 Å². The highest BCUT2D eigenvalue weighted by atomic mass is 32.1. The van der Waals surface area contributed by atoms with Crippen molar-refractivity contribution >= 4 is 29.1 Å². The quantitative estimate of drug-likeness (QED) is 0.420. The second-order valence-electron chi connectivity index (χ2n) is 9.07. The highest BCUT2D eigenvalue weighted by Crippen LogP contribution is 2.31. The molecule has 2 heterocycles. The Kier molecular flexibility index (Phi) is 7.97. The van der Waals surface area contributed by atoms with Gasteiger partial charge >= 0.3 is 5.97 Å². The van der Waals surface area contributed by atoms with E-state index >= 15 is 0 Å². The number of carbonyl (C=O) groups is 1. The highest BCUT2D eigenvalue weighted by Gasteiger charge is 2.33. The maximum absolute atomic E-state index is 13.8. The molecule has 1 atom stereocenters. The van der Waals surface area contributed by atoms with Crippen LogP contribution in [0.5, 0.6) is 5.75 Å². The molecule has 0 bridgehead atoms. The lowest BCUT2D eigenvalue weighted by Gasteiger charge is -2.25. The summed E-state index contributed by atoms with van der Waals surface area (Å²) in [5, 5.41) is 0. The number of hydrogen-bond acceptors (Lipinski definition) is 7. The van der Waals surface area contributed by atoms with Crippen LogP contribution in [-0.4, -0.2) is 36.8 Å². The SMILES string of the molecule is CCN(CC)c1ccc(C=c2sc3n(c2=O)C(c2ccc(OC)cc2)C(C(=O)OC(C)C)=C(C)N=3)cc1. The fourth-order valence-corrected chi connectivity index (χ4v) is 5.53. The molecule has 0 saturated heterocycles. The standard InChI is InChI=1S/C29H33N3O4S/c1-7-31(8-2)22-13-9-20(10-14-22)17-24-27(33)32-26(21-11-15-23(35-6)16-12-21)25(28(34)36-18(3)4)19(5)30-29(32)37-24/h9-18,26H,7-8H2,1-6H3. The van der Waals surface area contributed by atoms with Crippen LogP contribution in [0.25, 0.3) is 6.08 Å². The third-order valence-corrected chi connectivity index (χ3v) is 7.32. The van der Waals surface area contributed by atoms with Gasteiger partial charge in [0.1, 0.15) is 5.75 Å². The van der Waals surface area contributed by atoms with Crippen LogP contribution in [0.3, 0.4) is 0 Å². The van der Waals surface area contributed by atoms with Crippen molar-refractivity contribution in [2.24, 2.45) is 4.99 Å². The topological polar surface area (TPSA) is 73.1 Å². The van der Waals surface area contributed by atoms with E-state index in [2.05, 4.69) is 35.9 Å². The van der Waals surface area contributed by atoms with Gasteiger partial charge in [-0.2, -0.15) is 0 Å². The summed E-state index contributed by atoms with van der Waals surface area (Å²) in [5.41, 5.74) is 3.57. The monoisotopic (exact) mass is 519 g/mol. The second-order valence-corrected chi connectivity index (χ2v) is 10.1. The first kappa shape index (κ1) is 26.4. The zero-order chi connectivity index (χ0) is 26.7. The lowest BCUT2D eigenvalue weighted by Crippen LogP contribution is -2.40. The Morgan fingerprint density at radius 2 is 1.76 bits per heavy atom. The summed E-state index contributed by atoms with van der Waals surface area (Å²) < 4.78 is 13.0. The van der Waals surface area contributed by atoms with Gasteiger partial charge in [0, 0.05) is 18.8 Å². The molecule has 3 aromatic rings. The Morgan fingerprint density at radius 3 is 2.32 bits per heavy atom. The summed E-state index contributed by atoms with van der Waals surface area (Å²) in [5.74, 6) is 0.217. The molecule has 0 N–H and O–H groups in total. The minimum Gasteiger partial charge on any atom is -0.497 e. The lowest BCUT2D eigenvalue weighted by atomic mass is 9.96. The van der Waals surface area contributed by atoms with Crippen LogP contribution < -0.4 is 24.5 Å². The highest BCUT2D eigenvalue weighted by molar-refractivity contribution is 7.07. The van der Waals surface area contributed by atoms with E-state index in [1.165, 1.54) is 11.3 Å². The number of benzene rings is 2. The van der Waals surface area contributed by atoms with Crippen LogP contribution in [0.4, 0.5) is 5.69 Å². The number of hydrogen-bond donors (Lipinski definition) is 0. The molecule has 2 aromatic carbocycles. The summed E-state index contributed by atoms with van der Waals surface area (Å²) in [6.07, 6.45) is 1.58. The van der Waals surface area contributed by atoms with E-state index in [0.29, 0.717) is 26.4 Å². The van der Waals surface area contributed by atoms with Gasteiger partial charge in [0.05, 0.1) is 35.1 Å². The number of nitrogens with zero attached hydrogens (tertiary/aromatic N) is 3. The predicted octanol–water partition coefficient (Wildman–Crippen LogP) is 4.04. The number of ether oxygens (including phenoxy) is 2. The van der Waals surface area contributed by atoms with Gasteiger partial charge in [-0.3, -0.25) is 9.36 Å². The first-order chi connectivity index (χ1) is 17.8. The molecule has 0 aliphatic carbocycles. The average molecular weight is 520 g/mol. The maximum atomic E-state index is 13.8. The van der Waals surface area contributed by atoms with Gasteiger partial charge in [-0.1, -0.05) is 35.6 Å². The number of rotatable bonds is 8. The molecule has 1 aliphatic rings. The molecule has 0 amide bonds. The first-order valence-electron chi connectivity index (χ1n) is 12.5. The summed E-state index contributed by atoms with van der Waals surface area (Å²) in [7, 11) is 1.60. The molecule has 0 spiro atoms. The molecular formula is C29H33N3O4S. The van der Waals surface area contributed by atoms with E-state index in [0.717, 1.165) is 29.9 Å². The number of fused-ring (bicyclic) bond motifs is 1. The summed E-state index contributed by atoms with van der Waals surface area (Å²) in [6, 6.07) is 14.9. The fourth-order valence-electron chi connectivity index (χ4n) is 4.48. The number of aromatic nitrogens is 1. The van der Waals surface area contributed by atoms with Crippen LogP contribution in [-0.2, 0) is 9.53 Å². The van der Waals surface area contributed by atoms with E-state index in [1.807, 2.05) is 42.5 Å². The molecule has 194 valence electrons. The largest absolute Gasteiger partial charge is 0.497 e. The van der Waals surface area contributed by atoms with Crippen molar-refractivity contribution in [2.45, 2.75) is 46.8 Å². The van der Waals surface area contributed by atoms with Crippen LogP contribution in [0.15, 0.2) is 69.6 Å².